The molecule has 14 heteroatoms. The van der Waals surface area contributed by atoms with Crippen LogP contribution in [0.4, 0.5) is 0 Å². The van der Waals surface area contributed by atoms with E-state index >= 15 is 0 Å². The van der Waals surface area contributed by atoms with Crippen molar-refractivity contribution in [1.82, 2.24) is 26.6 Å². The topological polar surface area (TPSA) is 183 Å². The van der Waals surface area contributed by atoms with Gasteiger partial charge in [0.25, 0.3) is 5.91 Å². The summed E-state index contributed by atoms with van der Waals surface area (Å²) in [5, 5.41) is 24.4. The third-order valence-corrected chi connectivity index (χ3v) is 9.50. The van der Waals surface area contributed by atoms with Gasteiger partial charge in [-0.2, -0.15) is 11.8 Å². The number of amides is 4. The first-order valence-corrected chi connectivity index (χ1v) is 20.4. The van der Waals surface area contributed by atoms with Gasteiger partial charge in [0.2, 0.25) is 17.7 Å². The molecule has 2 aromatic rings. The Bertz CT molecular complexity index is 1430. The van der Waals surface area contributed by atoms with Crippen molar-refractivity contribution in [3.05, 3.63) is 71.3 Å². The maximum atomic E-state index is 13.7. The minimum absolute atomic E-state index is 0.0982. The van der Waals surface area contributed by atoms with Crippen LogP contribution >= 0.6 is 23.5 Å². The number of carboxylic acids is 1. The Kier molecular flexibility index (Phi) is 21.4. The van der Waals surface area contributed by atoms with Crippen LogP contribution in [0.15, 0.2) is 54.6 Å². The predicted molar refractivity (Wildman–Crippen MR) is 208 cm³/mol. The van der Waals surface area contributed by atoms with Gasteiger partial charge in [0.1, 0.15) is 18.1 Å². The molecule has 3 atom stereocenters. The Hall–Kier alpha value is -3.88. The highest BCUT2D eigenvalue weighted by molar-refractivity contribution is 8.13. The van der Waals surface area contributed by atoms with Crippen molar-refractivity contribution in [2.45, 2.75) is 102 Å². The number of carboxylic acid groups (broad SMARTS) is 1. The average Bonchev–Trinajstić information content (AvgIpc) is 3.13. The van der Waals surface area contributed by atoms with E-state index in [4.69, 9.17) is 0 Å². The zero-order chi connectivity index (χ0) is 38.3. The van der Waals surface area contributed by atoms with E-state index in [1.165, 1.54) is 23.5 Å². The summed E-state index contributed by atoms with van der Waals surface area (Å²) < 4.78 is 0. The Balaban J connectivity index is 2.03. The second-order valence-corrected chi connectivity index (χ2v) is 14.7. The van der Waals surface area contributed by atoms with Gasteiger partial charge in [-0.05, 0) is 80.0 Å². The minimum Gasteiger partial charge on any atom is -0.480 e. The van der Waals surface area contributed by atoms with E-state index in [0.717, 1.165) is 11.1 Å². The minimum atomic E-state index is -1.21. The molecule has 0 aliphatic carbocycles. The molecule has 0 aliphatic rings. The molecule has 2 rings (SSSR count). The van der Waals surface area contributed by atoms with Crippen molar-refractivity contribution in [2.75, 3.05) is 24.8 Å². The summed E-state index contributed by atoms with van der Waals surface area (Å²) in [4.78, 5) is 76.1. The van der Waals surface area contributed by atoms with Gasteiger partial charge < -0.3 is 31.7 Å². The van der Waals surface area contributed by atoms with Crippen molar-refractivity contribution in [3.63, 3.8) is 0 Å². The number of hydrogen-bond donors (Lipinski definition) is 6. The first-order valence-electron chi connectivity index (χ1n) is 17.8. The van der Waals surface area contributed by atoms with Crippen LogP contribution in [0.25, 0.3) is 0 Å². The molecule has 0 aromatic heterocycles. The summed E-state index contributed by atoms with van der Waals surface area (Å²) in [6.07, 6.45) is 7.13. The number of benzene rings is 2. The van der Waals surface area contributed by atoms with E-state index in [-0.39, 0.29) is 23.9 Å². The molecule has 0 spiro atoms. The van der Waals surface area contributed by atoms with Gasteiger partial charge in [-0.1, -0.05) is 68.1 Å². The molecule has 0 saturated carbocycles. The summed E-state index contributed by atoms with van der Waals surface area (Å²) in [5.41, 5.74) is 2.18. The molecule has 0 bridgehead atoms. The molecule has 286 valence electrons. The zero-order valence-corrected chi connectivity index (χ0v) is 32.3. The maximum absolute atomic E-state index is 13.7. The summed E-state index contributed by atoms with van der Waals surface area (Å²) in [6.45, 7) is 5.12. The van der Waals surface area contributed by atoms with Crippen molar-refractivity contribution < 1.29 is 33.9 Å². The van der Waals surface area contributed by atoms with E-state index < -0.39 is 41.8 Å². The number of unbranched alkanes of at least 4 members (excludes halogenated alkanes) is 2. The molecule has 2 aromatic carbocycles. The van der Waals surface area contributed by atoms with Gasteiger partial charge in [-0.15, -0.1) is 0 Å². The van der Waals surface area contributed by atoms with Gasteiger partial charge in [0, 0.05) is 44.0 Å². The molecule has 12 nitrogen and oxygen atoms in total. The molecule has 0 heterocycles. The van der Waals surface area contributed by atoms with E-state index in [1.54, 1.807) is 18.4 Å². The number of thioether (sulfide) groups is 2. The summed E-state index contributed by atoms with van der Waals surface area (Å²) in [5.74, 6) is -2.38. The molecular formula is C38H55N5O7S2. The Morgan fingerprint density at radius 1 is 0.712 bits per heavy atom. The molecule has 0 saturated heterocycles. The predicted octanol–water partition coefficient (Wildman–Crippen LogP) is 4.07. The highest BCUT2D eigenvalue weighted by atomic mass is 32.2. The van der Waals surface area contributed by atoms with Crippen LogP contribution in [0.1, 0.15) is 86.7 Å². The third kappa shape index (κ3) is 18.1. The third-order valence-electron chi connectivity index (χ3n) is 8.20. The summed E-state index contributed by atoms with van der Waals surface area (Å²) in [7, 11) is 0. The SMILES string of the molecule is CSCC[C@H](NC(=O)c1ccc(CNC(C)C)cc1)C(=O)N[C@@H](Cc1ccccc1)C(=O)N[C@@H](CCCCNC(=O)CCCCC(=O)SC)C(=O)O. The lowest BCUT2D eigenvalue weighted by Crippen LogP contribution is -2.56. The van der Waals surface area contributed by atoms with Gasteiger partial charge in [0.05, 0.1) is 0 Å². The standard InChI is InChI=1S/C38H55N5O7S2/c1-26(2)40-25-28-17-19-29(20-18-28)35(46)41-30(21-23-51-3)36(47)43-32(24-27-12-6-5-7-13-27)37(48)42-31(38(49)50)14-10-11-22-39-33(44)15-8-9-16-34(45)52-4/h5-7,12-13,17-20,26,30-32,40H,8-11,14-16,21-25H2,1-4H3,(H,39,44)(H,41,46)(H,42,48)(H,43,47)(H,49,50)/t30-,31-,32-/m0/s1. The van der Waals surface area contributed by atoms with Gasteiger partial charge in [-0.25, -0.2) is 4.79 Å². The molecule has 0 radical (unpaired) electrons. The Morgan fingerprint density at radius 3 is 2.00 bits per heavy atom. The molecule has 6 N–H and O–H groups in total. The largest absolute Gasteiger partial charge is 0.480 e. The van der Waals surface area contributed by atoms with Crippen molar-refractivity contribution in [3.8, 4) is 0 Å². The average molecular weight is 758 g/mol. The number of carbonyl (C=O) groups is 6. The lowest BCUT2D eigenvalue weighted by molar-refractivity contribution is -0.142. The fourth-order valence-electron chi connectivity index (χ4n) is 5.15. The van der Waals surface area contributed by atoms with Crippen LogP contribution in [-0.2, 0) is 36.9 Å². The smallest absolute Gasteiger partial charge is 0.326 e. The van der Waals surface area contributed by atoms with Gasteiger partial charge in [-0.3, -0.25) is 24.0 Å². The van der Waals surface area contributed by atoms with Crippen molar-refractivity contribution in [1.29, 1.82) is 0 Å². The first kappa shape index (κ1) is 44.3. The number of aliphatic carboxylic acids is 1. The Labute approximate surface area is 316 Å². The lowest BCUT2D eigenvalue weighted by Gasteiger charge is -2.25. The molecule has 4 amide bonds. The van der Waals surface area contributed by atoms with Crippen LogP contribution in [0.2, 0.25) is 0 Å². The van der Waals surface area contributed by atoms with E-state index in [0.29, 0.717) is 75.4 Å². The fraction of sp³-hybridized carbons (Fsp3) is 0.526. The number of hydrogen-bond acceptors (Lipinski definition) is 9. The van der Waals surface area contributed by atoms with Crippen LogP contribution < -0.4 is 26.6 Å². The van der Waals surface area contributed by atoms with Crippen LogP contribution in [0.5, 0.6) is 0 Å². The number of rotatable bonds is 25. The monoisotopic (exact) mass is 757 g/mol. The van der Waals surface area contributed by atoms with Crippen molar-refractivity contribution >= 4 is 58.2 Å². The zero-order valence-electron chi connectivity index (χ0n) is 30.7. The highest BCUT2D eigenvalue weighted by Gasteiger charge is 2.30. The van der Waals surface area contributed by atoms with E-state index in [2.05, 4.69) is 40.4 Å². The summed E-state index contributed by atoms with van der Waals surface area (Å²) in [6, 6.07) is 13.3. The first-order chi connectivity index (χ1) is 24.9. The molecule has 52 heavy (non-hydrogen) atoms. The second kappa shape index (κ2) is 25.2. The van der Waals surface area contributed by atoms with Crippen LogP contribution in [-0.4, -0.2) is 88.8 Å². The van der Waals surface area contributed by atoms with Gasteiger partial charge in [0.15, 0.2) is 5.12 Å². The van der Waals surface area contributed by atoms with E-state index in [9.17, 15) is 33.9 Å². The fourth-order valence-corrected chi connectivity index (χ4v) is 5.97. The van der Waals surface area contributed by atoms with Crippen LogP contribution in [0.3, 0.4) is 0 Å². The van der Waals surface area contributed by atoms with Crippen molar-refractivity contribution in [2.24, 2.45) is 0 Å². The normalized spacial score (nSPS) is 12.7. The second-order valence-electron chi connectivity index (χ2n) is 12.8. The highest BCUT2D eigenvalue weighted by Crippen LogP contribution is 2.11. The molecule has 0 aliphatic heterocycles. The summed E-state index contributed by atoms with van der Waals surface area (Å²) >= 11 is 2.70. The molecule has 0 fully saturated rings. The molecular weight excluding hydrogens is 703 g/mol. The Morgan fingerprint density at radius 2 is 1.37 bits per heavy atom. The maximum Gasteiger partial charge on any atom is 0.326 e. The number of carbonyl (C=O) groups excluding carboxylic acids is 5. The lowest BCUT2D eigenvalue weighted by atomic mass is 10.0. The molecule has 0 unspecified atom stereocenters. The van der Waals surface area contributed by atoms with Crippen LogP contribution in [0, 0.1) is 0 Å². The van der Waals surface area contributed by atoms with Gasteiger partial charge >= 0.3 is 5.97 Å². The quantitative estimate of drug-likeness (QED) is 0.0808. The number of nitrogens with one attached hydrogen (secondary N) is 5. The van der Waals surface area contributed by atoms with E-state index in [1.807, 2.05) is 48.7 Å².